The molecule has 1 aromatic carbocycles. The Balaban J connectivity index is 2.94. The highest BCUT2D eigenvalue weighted by atomic mass is 127. The molecule has 2 rings (SSSR count). The smallest absolute Gasteiger partial charge is 0.134 e. The van der Waals surface area contributed by atoms with E-state index in [1.54, 1.807) is 12.3 Å². The molecular weight excluding hydrogens is 303 g/mol. The van der Waals surface area contributed by atoms with Crippen molar-refractivity contribution >= 4 is 45.0 Å². The number of halogens is 3. The predicted molar refractivity (Wildman–Crippen MR) is 59.4 cm³/mol. The van der Waals surface area contributed by atoms with Crippen molar-refractivity contribution in [1.82, 2.24) is 4.98 Å². The van der Waals surface area contributed by atoms with Gasteiger partial charge in [-0.2, -0.15) is 0 Å². The zero-order valence-corrected chi connectivity index (χ0v) is 9.30. The molecule has 0 spiro atoms. The van der Waals surface area contributed by atoms with Crippen molar-refractivity contribution in [3.63, 3.8) is 0 Å². The molecule has 1 heterocycles. The highest BCUT2D eigenvalue weighted by Gasteiger charge is 2.05. The van der Waals surface area contributed by atoms with E-state index in [0.717, 1.165) is 8.96 Å². The van der Waals surface area contributed by atoms with E-state index in [1.807, 2.05) is 0 Å². The van der Waals surface area contributed by atoms with Crippen molar-refractivity contribution in [3.8, 4) is 0 Å². The summed E-state index contributed by atoms with van der Waals surface area (Å²) in [6.45, 7) is 0. The van der Waals surface area contributed by atoms with E-state index in [1.165, 1.54) is 12.3 Å². The van der Waals surface area contributed by atoms with Gasteiger partial charge in [-0.15, -0.1) is 0 Å². The second-order valence-electron chi connectivity index (χ2n) is 2.60. The van der Waals surface area contributed by atoms with Gasteiger partial charge in [0.1, 0.15) is 5.82 Å². The Morgan fingerprint density at radius 3 is 2.77 bits per heavy atom. The minimum Gasteiger partial charge on any atom is -0.263 e. The molecule has 0 aliphatic heterocycles. The maximum atomic E-state index is 13.3. The van der Waals surface area contributed by atoms with Crippen LogP contribution < -0.4 is 0 Å². The number of aromatic nitrogens is 1. The van der Waals surface area contributed by atoms with Gasteiger partial charge < -0.3 is 0 Å². The Hall–Kier alpha value is -0.420. The van der Waals surface area contributed by atoms with Crippen molar-refractivity contribution in [3.05, 3.63) is 38.9 Å². The molecule has 0 atom stereocenters. The molecule has 0 N–H and O–H groups in total. The van der Waals surface area contributed by atoms with Gasteiger partial charge in [-0.3, -0.25) is 4.98 Å². The van der Waals surface area contributed by atoms with Gasteiger partial charge in [0, 0.05) is 31.8 Å². The van der Waals surface area contributed by atoms with Crippen LogP contribution in [0, 0.1) is 9.39 Å². The van der Waals surface area contributed by atoms with E-state index >= 15 is 0 Å². The summed E-state index contributed by atoms with van der Waals surface area (Å²) in [4.78, 5) is 3.91. The fraction of sp³-hybridized carbons (Fsp3) is 0. The lowest BCUT2D eigenvalue weighted by molar-refractivity contribution is 0.639. The molecule has 0 fully saturated rings. The first kappa shape index (κ1) is 9.15. The minimum atomic E-state index is -0.325. The van der Waals surface area contributed by atoms with Crippen molar-refractivity contribution in [1.29, 1.82) is 0 Å². The summed E-state index contributed by atoms with van der Waals surface area (Å²) in [5, 5.41) is 1.73. The van der Waals surface area contributed by atoms with Crippen molar-refractivity contribution in [2.75, 3.05) is 0 Å². The number of pyridine rings is 1. The lowest BCUT2D eigenvalue weighted by Crippen LogP contribution is -1.85. The SMILES string of the molecule is Fc1cc(Cl)cc2c(I)cncc12. The monoisotopic (exact) mass is 307 g/mol. The topological polar surface area (TPSA) is 12.9 Å². The third-order valence-corrected chi connectivity index (χ3v) is 2.82. The third-order valence-electron chi connectivity index (χ3n) is 1.74. The molecule has 0 unspecified atom stereocenters. The summed E-state index contributed by atoms with van der Waals surface area (Å²) in [5.41, 5.74) is 0. The minimum absolute atomic E-state index is 0.325. The van der Waals surface area contributed by atoms with Crippen LogP contribution in [0.3, 0.4) is 0 Å². The Labute approximate surface area is 93.1 Å². The van der Waals surface area contributed by atoms with Gasteiger partial charge in [-0.1, -0.05) is 11.6 Å². The van der Waals surface area contributed by atoms with E-state index in [9.17, 15) is 4.39 Å². The summed E-state index contributed by atoms with van der Waals surface area (Å²) < 4.78 is 14.2. The standard InChI is InChI=1S/C9H4ClFIN/c10-5-1-6-7(8(11)2-5)3-13-4-9(6)12/h1-4H. The number of nitrogens with zero attached hydrogens (tertiary/aromatic N) is 1. The van der Waals surface area contributed by atoms with Crippen LogP contribution in [-0.2, 0) is 0 Å². The number of hydrogen-bond acceptors (Lipinski definition) is 1. The van der Waals surface area contributed by atoms with Gasteiger partial charge >= 0.3 is 0 Å². The average molecular weight is 307 g/mol. The Kier molecular flexibility index (Phi) is 2.38. The Morgan fingerprint density at radius 2 is 2.00 bits per heavy atom. The van der Waals surface area contributed by atoms with Crippen molar-refractivity contribution < 1.29 is 4.39 Å². The molecule has 0 aliphatic carbocycles. The number of benzene rings is 1. The summed E-state index contributed by atoms with van der Waals surface area (Å²) in [7, 11) is 0. The number of rotatable bonds is 0. The molecule has 0 bridgehead atoms. The molecule has 0 saturated heterocycles. The first-order valence-electron chi connectivity index (χ1n) is 3.57. The van der Waals surface area contributed by atoms with Crippen LogP contribution in [0.1, 0.15) is 0 Å². The normalized spacial score (nSPS) is 10.7. The van der Waals surface area contributed by atoms with Crippen LogP contribution in [0.2, 0.25) is 5.02 Å². The van der Waals surface area contributed by atoms with E-state index in [0.29, 0.717) is 10.4 Å². The van der Waals surface area contributed by atoms with E-state index in [-0.39, 0.29) is 5.82 Å². The molecule has 4 heteroatoms. The van der Waals surface area contributed by atoms with E-state index < -0.39 is 0 Å². The number of hydrogen-bond donors (Lipinski definition) is 0. The quantitative estimate of drug-likeness (QED) is 0.677. The Bertz CT molecular complexity index is 472. The largest absolute Gasteiger partial charge is 0.263 e. The lowest BCUT2D eigenvalue weighted by atomic mass is 10.2. The fourth-order valence-electron chi connectivity index (χ4n) is 1.16. The summed E-state index contributed by atoms with van der Waals surface area (Å²) >= 11 is 7.84. The first-order valence-corrected chi connectivity index (χ1v) is 5.02. The predicted octanol–water partition coefficient (Wildman–Crippen LogP) is 3.63. The van der Waals surface area contributed by atoms with Crippen molar-refractivity contribution in [2.24, 2.45) is 0 Å². The Morgan fingerprint density at radius 1 is 1.23 bits per heavy atom. The van der Waals surface area contributed by atoms with E-state index in [4.69, 9.17) is 11.6 Å². The van der Waals surface area contributed by atoms with E-state index in [2.05, 4.69) is 27.6 Å². The highest BCUT2D eigenvalue weighted by Crippen LogP contribution is 2.25. The molecule has 66 valence electrons. The molecule has 1 nitrogen and oxygen atoms in total. The molecule has 0 saturated carbocycles. The zero-order valence-electron chi connectivity index (χ0n) is 6.39. The zero-order chi connectivity index (χ0) is 9.42. The van der Waals surface area contributed by atoms with Crippen molar-refractivity contribution in [2.45, 2.75) is 0 Å². The third kappa shape index (κ3) is 1.62. The second kappa shape index (κ2) is 3.38. The van der Waals surface area contributed by atoms with Gasteiger partial charge in [0.05, 0.1) is 0 Å². The summed E-state index contributed by atoms with van der Waals surface area (Å²) in [6.07, 6.45) is 3.18. The summed E-state index contributed by atoms with van der Waals surface area (Å²) in [5.74, 6) is -0.325. The molecular formula is C9H4ClFIN. The summed E-state index contributed by atoms with van der Waals surface area (Å²) in [6, 6.07) is 3.03. The molecule has 2 aromatic rings. The second-order valence-corrected chi connectivity index (χ2v) is 4.20. The fourth-order valence-corrected chi connectivity index (χ4v) is 1.97. The maximum Gasteiger partial charge on any atom is 0.134 e. The highest BCUT2D eigenvalue weighted by molar-refractivity contribution is 14.1. The van der Waals surface area contributed by atoms with Crippen LogP contribution in [-0.4, -0.2) is 4.98 Å². The van der Waals surface area contributed by atoms with Crippen LogP contribution in [0.15, 0.2) is 24.5 Å². The van der Waals surface area contributed by atoms with Gasteiger partial charge in [0.25, 0.3) is 0 Å². The molecule has 13 heavy (non-hydrogen) atoms. The van der Waals surface area contributed by atoms with Crippen LogP contribution in [0.5, 0.6) is 0 Å². The van der Waals surface area contributed by atoms with Gasteiger partial charge in [-0.05, 0) is 34.7 Å². The molecule has 1 aromatic heterocycles. The van der Waals surface area contributed by atoms with Crippen LogP contribution in [0.4, 0.5) is 4.39 Å². The number of fused-ring (bicyclic) bond motifs is 1. The lowest BCUT2D eigenvalue weighted by Gasteiger charge is -2.01. The maximum absolute atomic E-state index is 13.3. The van der Waals surface area contributed by atoms with Crippen LogP contribution in [0.25, 0.3) is 10.8 Å². The molecule has 0 amide bonds. The van der Waals surface area contributed by atoms with Gasteiger partial charge in [-0.25, -0.2) is 4.39 Å². The van der Waals surface area contributed by atoms with Crippen LogP contribution >= 0.6 is 34.2 Å². The molecule has 0 radical (unpaired) electrons. The average Bonchev–Trinajstić information content (AvgIpc) is 2.07. The van der Waals surface area contributed by atoms with Gasteiger partial charge in [0.2, 0.25) is 0 Å². The van der Waals surface area contributed by atoms with Gasteiger partial charge in [0.15, 0.2) is 0 Å². The molecule has 0 aliphatic rings. The first-order chi connectivity index (χ1) is 6.18.